The van der Waals surface area contributed by atoms with Gasteiger partial charge in [0.25, 0.3) is 0 Å². The van der Waals surface area contributed by atoms with Crippen LogP contribution in [0.2, 0.25) is 0 Å². The molecule has 20 heavy (non-hydrogen) atoms. The number of hydrogen-bond acceptors (Lipinski definition) is 3. The third-order valence-corrected chi connectivity index (χ3v) is 3.81. The van der Waals surface area contributed by atoms with Gasteiger partial charge >= 0.3 is 5.97 Å². The van der Waals surface area contributed by atoms with Crippen molar-refractivity contribution in [3.8, 4) is 11.5 Å². The molecule has 0 saturated carbocycles. The first-order chi connectivity index (χ1) is 9.52. The Kier molecular flexibility index (Phi) is 4.67. The van der Waals surface area contributed by atoms with E-state index in [9.17, 15) is 14.3 Å². The lowest BCUT2D eigenvalue weighted by atomic mass is 10.2. The van der Waals surface area contributed by atoms with Gasteiger partial charge in [0, 0.05) is 9.37 Å². The van der Waals surface area contributed by atoms with E-state index in [0.29, 0.717) is 9.37 Å². The highest BCUT2D eigenvalue weighted by Crippen LogP contribution is 2.34. The third-order valence-electron chi connectivity index (χ3n) is 2.53. The van der Waals surface area contributed by atoms with Crippen LogP contribution in [0, 0.1) is 5.82 Å². The molecule has 3 nitrogen and oxygen atoms in total. The number of ether oxygens (including phenoxy) is 1. The predicted molar refractivity (Wildman–Crippen MR) is 79.4 cm³/mol. The molecule has 0 bridgehead atoms. The molecule has 0 radical (unpaired) electrons. The van der Waals surface area contributed by atoms with Crippen LogP contribution in [0.1, 0.15) is 10.4 Å². The topological polar surface area (TPSA) is 46.5 Å². The zero-order chi connectivity index (χ0) is 14.7. The van der Waals surface area contributed by atoms with Crippen LogP contribution in [-0.2, 0) is 0 Å². The fourth-order valence-corrected chi connectivity index (χ4v) is 2.60. The fourth-order valence-electron chi connectivity index (χ4n) is 1.65. The van der Waals surface area contributed by atoms with E-state index in [1.807, 2.05) is 0 Å². The molecule has 0 aliphatic heterocycles. The van der Waals surface area contributed by atoms with Gasteiger partial charge in [0.15, 0.2) is 11.6 Å². The molecular weight excluding hydrogens is 347 g/mol. The Labute approximate surface area is 127 Å². The van der Waals surface area contributed by atoms with E-state index in [1.165, 1.54) is 30.0 Å². The number of aromatic carboxylic acids is 1. The first-order valence-electron chi connectivity index (χ1n) is 5.56. The molecule has 0 amide bonds. The SMILES string of the molecule is CSc1cccc(Oc2cc(Br)ccc2F)c1C(=O)O. The Morgan fingerprint density at radius 3 is 2.70 bits per heavy atom. The van der Waals surface area contributed by atoms with Gasteiger partial charge in [0.05, 0.1) is 0 Å². The van der Waals surface area contributed by atoms with Crippen molar-refractivity contribution in [3.05, 3.63) is 52.3 Å². The number of halogens is 2. The van der Waals surface area contributed by atoms with Crippen LogP contribution >= 0.6 is 27.7 Å². The molecular formula is C14H10BrFO3S. The Hall–Kier alpha value is -1.53. The van der Waals surface area contributed by atoms with Gasteiger partial charge in [-0.15, -0.1) is 11.8 Å². The van der Waals surface area contributed by atoms with Crippen molar-refractivity contribution in [2.75, 3.05) is 6.26 Å². The number of benzene rings is 2. The first kappa shape index (κ1) is 14.9. The monoisotopic (exact) mass is 356 g/mol. The van der Waals surface area contributed by atoms with Gasteiger partial charge in [-0.1, -0.05) is 22.0 Å². The number of thioether (sulfide) groups is 1. The van der Waals surface area contributed by atoms with E-state index in [1.54, 1.807) is 24.5 Å². The third kappa shape index (κ3) is 3.13. The Morgan fingerprint density at radius 2 is 2.05 bits per heavy atom. The van der Waals surface area contributed by atoms with Gasteiger partial charge in [-0.2, -0.15) is 0 Å². The smallest absolute Gasteiger partial charge is 0.340 e. The quantitative estimate of drug-likeness (QED) is 0.799. The highest BCUT2D eigenvalue weighted by molar-refractivity contribution is 9.10. The second-order valence-electron chi connectivity index (χ2n) is 3.82. The number of rotatable bonds is 4. The van der Waals surface area contributed by atoms with Crippen molar-refractivity contribution >= 4 is 33.7 Å². The van der Waals surface area contributed by atoms with E-state index in [-0.39, 0.29) is 17.1 Å². The van der Waals surface area contributed by atoms with Gasteiger partial charge in [-0.25, -0.2) is 9.18 Å². The standard InChI is InChI=1S/C14H10BrFO3S/c1-20-12-4-2-3-10(13(12)14(17)18)19-11-7-8(15)5-6-9(11)16/h2-7H,1H3,(H,17,18). The number of carboxylic acid groups (broad SMARTS) is 1. The van der Waals surface area contributed by atoms with Crippen molar-refractivity contribution in [1.82, 2.24) is 0 Å². The van der Waals surface area contributed by atoms with E-state index in [4.69, 9.17) is 4.74 Å². The van der Waals surface area contributed by atoms with Gasteiger partial charge in [0.1, 0.15) is 11.3 Å². The van der Waals surface area contributed by atoms with E-state index in [2.05, 4.69) is 15.9 Å². The maximum absolute atomic E-state index is 13.7. The van der Waals surface area contributed by atoms with Crippen molar-refractivity contribution in [2.24, 2.45) is 0 Å². The number of carbonyl (C=O) groups is 1. The van der Waals surface area contributed by atoms with Crippen molar-refractivity contribution in [2.45, 2.75) is 4.90 Å². The minimum Gasteiger partial charge on any atom is -0.478 e. The minimum absolute atomic E-state index is 0.0272. The maximum Gasteiger partial charge on any atom is 0.340 e. The van der Waals surface area contributed by atoms with E-state index >= 15 is 0 Å². The van der Waals surface area contributed by atoms with E-state index in [0.717, 1.165) is 0 Å². The molecule has 2 aromatic carbocycles. The molecule has 0 aliphatic rings. The average molecular weight is 357 g/mol. The summed E-state index contributed by atoms with van der Waals surface area (Å²) >= 11 is 4.51. The summed E-state index contributed by atoms with van der Waals surface area (Å²) in [6.45, 7) is 0. The van der Waals surface area contributed by atoms with Gasteiger partial charge in [0.2, 0.25) is 0 Å². The molecule has 0 spiro atoms. The highest BCUT2D eigenvalue weighted by Gasteiger charge is 2.18. The molecule has 0 atom stereocenters. The Balaban J connectivity index is 2.48. The second-order valence-corrected chi connectivity index (χ2v) is 5.58. The molecule has 0 aromatic heterocycles. The Morgan fingerprint density at radius 1 is 1.30 bits per heavy atom. The van der Waals surface area contributed by atoms with Crippen LogP contribution < -0.4 is 4.74 Å². The van der Waals surface area contributed by atoms with Gasteiger partial charge < -0.3 is 9.84 Å². The summed E-state index contributed by atoms with van der Waals surface area (Å²) in [6, 6.07) is 9.09. The van der Waals surface area contributed by atoms with Crippen molar-refractivity contribution in [1.29, 1.82) is 0 Å². The summed E-state index contributed by atoms with van der Waals surface area (Å²) in [4.78, 5) is 11.9. The lowest BCUT2D eigenvalue weighted by Gasteiger charge is -2.12. The second kappa shape index (κ2) is 6.28. The molecule has 0 heterocycles. The van der Waals surface area contributed by atoms with E-state index < -0.39 is 11.8 Å². The van der Waals surface area contributed by atoms with Gasteiger partial charge in [-0.3, -0.25) is 0 Å². The molecule has 1 N–H and O–H groups in total. The molecule has 0 aliphatic carbocycles. The summed E-state index contributed by atoms with van der Waals surface area (Å²) in [7, 11) is 0. The summed E-state index contributed by atoms with van der Waals surface area (Å²) in [5.41, 5.74) is 0.0272. The lowest BCUT2D eigenvalue weighted by Crippen LogP contribution is -2.02. The van der Waals surface area contributed by atoms with Gasteiger partial charge in [-0.05, 0) is 36.6 Å². The number of hydrogen-bond donors (Lipinski definition) is 1. The summed E-state index contributed by atoms with van der Waals surface area (Å²) in [5, 5.41) is 9.28. The van der Waals surface area contributed by atoms with Crippen LogP contribution in [0.5, 0.6) is 11.5 Å². The van der Waals surface area contributed by atoms with Crippen LogP contribution in [0.3, 0.4) is 0 Å². The van der Waals surface area contributed by atoms with Crippen LogP contribution in [0.4, 0.5) is 4.39 Å². The molecule has 0 unspecified atom stereocenters. The maximum atomic E-state index is 13.7. The van der Waals surface area contributed by atoms with Crippen molar-refractivity contribution in [3.63, 3.8) is 0 Å². The molecule has 104 valence electrons. The lowest BCUT2D eigenvalue weighted by molar-refractivity contribution is 0.0690. The predicted octanol–water partition coefficient (Wildman–Crippen LogP) is 4.80. The molecule has 2 rings (SSSR count). The van der Waals surface area contributed by atoms with Crippen LogP contribution in [0.15, 0.2) is 45.8 Å². The average Bonchev–Trinajstić information content (AvgIpc) is 2.42. The normalized spacial score (nSPS) is 10.3. The largest absolute Gasteiger partial charge is 0.478 e. The minimum atomic E-state index is -1.11. The first-order valence-corrected chi connectivity index (χ1v) is 7.58. The highest BCUT2D eigenvalue weighted by atomic mass is 79.9. The van der Waals surface area contributed by atoms with Crippen LogP contribution in [-0.4, -0.2) is 17.3 Å². The summed E-state index contributed by atoms with van der Waals surface area (Å²) in [6.07, 6.45) is 1.77. The Bertz CT molecular complexity index is 661. The summed E-state index contributed by atoms with van der Waals surface area (Å²) < 4.78 is 19.7. The van der Waals surface area contributed by atoms with Crippen LogP contribution in [0.25, 0.3) is 0 Å². The fraction of sp³-hybridized carbons (Fsp3) is 0.0714. The zero-order valence-electron chi connectivity index (χ0n) is 10.4. The molecule has 2 aromatic rings. The van der Waals surface area contributed by atoms with Crippen molar-refractivity contribution < 1.29 is 19.0 Å². The molecule has 0 saturated heterocycles. The molecule has 6 heteroatoms. The zero-order valence-corrected chi connectivity index (χ0v) is 12.8. The number of carboxylic acids is 1. The molecule has 0 fully saturated rings. The summed E-state index contributed by atoms with van der Waals surface area (Å²) in [5.74, 6) is -1.58.